The smallest absolute Gasteiger partial charge is 0.163 e. The average molecular weight is 205 g/mol. The zero-order chi connectivity index (χ0) is 9.97. The fraction of sp³-hybridized carbons (Fsp3) is 0.100. The zero-order valence-corrected chi connectivity index (χ0v) is 8.40. The highest BCUT2D eigenvalue weighted by Crippen LogP contribution is 2.16. The summed E-state index contributed by atoms with van der Waals surface area (Å²) in [5, 5.41) is 4.46. The van der Waals surface area contributed by atoms with E-state index in [4.69, 9.17) is 18.0 Å². The number of aromatic nitrogens is 1. The van der Waals surface area contributed by atoms with Gasteiger partial charge in [-0.25, -0.2) is 0 Å². The van der Waals surface area contributed by atoms with Crippen LogP contribution in [0.1, 0.15) is 5.56 Å². The summed E-state index contributed by atoms with van der Waals surface area (Å²) in [6.07, 6.45) is 1.97. The molecular weight excluding hydrogens is 194 g/mol. The van der Waals surface area contributed by atoms with Gasteiger partial charge < -0.3 is 16.0 Å². The van der Waals surface area contributed by atoms with Crippen LogP contribution in [-0.2, 0) is 6.54 Å². The van der Waals surface area contributed by atoms with Crippen molar-refractivity contribution in [3.63, 3.8) is 0 Å². The lowest BCUT2D eigenvalue weighted by Gasteiger charge is -2.01. The number of hydrogen-bond acceptors (Lipinski definition) is 1. The molecule has 0 aliphatic heterocycles. The van der Waals surface area contributed by atoms with Gasteiger partial charge in [0.1, 0.15) is 0 Å². The molecule has 0 bridgehead atoms. The molecule has 4 heteroatoms. The Kier molecular flexibility index (Phi) is 2.37. The molecule has 0 saturated carbocycles. The molecule has 0 unspecified atom stereocenters. The van der Waals surface area contributed by atoms with E-state index >= 15 is 0 Å². The van der Waals surface area contributed by atoms with Gasteiger partial charge in [-0.05, 0) is 23.8 Å². The quantitative estimate of drug-likeness (QED) is 0.651. The van der Waals surface area contributed by atoms with E-state index in [-0.39, 0.29) is 0 Å². The molecule has 0 fully saturated rings. The van der Waals surface area contributed by atoms with E-state index in [9.17, 15) is 0 Å². The molecule has 0 saturated heterocycles. The van der Waals surface area contributed by atoms with Crippen LogP contribution in [-0.4, -0.2) is 10.1 Å². The van der Waals surface area contributed by atoms with E-state index in [1.807, 2.05) is 24.4 Å². The van der Waals surface area contributed by atoms with Crippen LogP contribution in [0.2, 0.25) is 0 Å². The van der Waals surface area contributed by atoms with Crippen LogP contribution in [0, 0.1) is 0 Å². The van der Waals surface area contributed by atoms with Crippen molar-refractivity contribution in [3.05, 3.63) is 36.0 Å². The number of benzene rings is 1. The van der Waals surface area contributed by atoms with Gasteiger partial charge in [-0.2, -0.15) is 0 Å². The normalized spacial score (nSPS) is 10.3. The first-order chi connectivity index (χ1) is 6.77. The molecule has 2 aromatic rings. The molecule has 4 N–H and O–H groups in total. The lowest BCUT2D eigenvalue weighted by atomic mass is 10.2. The summed E-state index contributed by atoms with van der Waals surface area (Å²) in [6, 6.07) is 8.13. The molecule has 0 spiro atoms. The fourth-order valence-corrected chi connectivity index (χ4v) is 1.53. The van der Waals surface area contributed by atoms with E-state index < -0.39 is 0 Å². The molecule has 1 aromatic heterocycles. The van der Waals surface area contributed by atoms with E-state index in [1.54, 1.807) is 0 Å². The van der Waals surface area contributed by atoms with E-state index in [1.165, 1.54) is 10.9 Å². The molecular formula is C10H11N3S. The van der Waals surface area contributed by atoms with Gasteiger partial charge in [0.15, 0.2) is 5.11 Å². The number of aromatic amines is 1. The molecule has 2 rings (SSSR count). The van der Waals surface area contributed by atoms with Gasteiger partial charge in [0.2, 0.25) is 0 Å². The molecule has 3 nitrogen and oxygen atoms in total. The van der Waals surface area contributed by atoms with Crippen molar-refractivity contribution in [2.45, 2.75) is 6.54 Å². The second kappa shape index (κ2) is 3.67. The molecule has 0 radical (unpaired) electrons. The zero-order valence-electron chi connectivity index (χ0n) is 7.58. The summed E-state index contributed by atoms with van der Waals surface area (Å²) < 4.78 is 0. The molecule has 1 heterocycles. The highest BCUT2D eigenvalue weighted by molar-refractivity contribution is 7.80. The van der Waals surface area contributed by atoms with E-state index in [0.717, 1.165) is 5.52 Å². The minimum atomic E-state index is 0.329. The number of rotatable bonds is 2. The second-order valence-corrected chi connectivity index (χ2v) is 3.52. The lowest BCUT2D eigenvalue weighted by molar-refractivity contribution is 0.928. The number of para-hydroxylation sites is 1. The van der Waals surface area contributed by atoms with Crippen LogP contribution in [0.4, 0.5) is 0 Å². The third-order valence-electron chi connectivity index (χ3n) is 2.13. The van der Waals surface area contributed by atoms with Crippen molar-refractivity contribution in [1.29, 1.82) is 0 Å². The number of nitrogens with one attached hydrogen (secondary N) is 2. The van der Waals surface area contributed by atoms with Crippen LogP contribution in [0.25, 0.3) is 10.9 Å². The Morgan fingerprint density at radius 3 is 3.00 bits per heavy atom. The minimum absolute atomic E-state index is 0.329. The largest absolute Gasteiger partial charge is 0.376 e. The number of hydrogen-bond donors (Lipinski definition) is 3. The Morgan fingerprint density at radius 2 is 2.21 bits per heavy atom. The van der Waals surface area contributed by atoms with Crippen molar-refractivity contribution in [1.82, 2.24) is 10.3 Å². The molecule has 14 heavy (non-hydrogen) atoms. The average Bonchev–Trinajstić information content (AvgIpc) is 2.58. The van der Waals surface area contributed by atoms with Crippen LogP contribution in [0.5, 0.6) is 0 Å². The van der Waals surface area contributed by atoms with Crippen LogP contribution in [0.15, 0.2) is 30.5 Å². The summed E-state index contributed by atoms with van der Waals surface area (Å²) in [5.74, 6) is 0. The van der Waals surface area contributed by atoms with E-state index in [0.29, 0.717) is 11.7 Å². The standard InChI is InChI=1S/C10H11N3S/c11-10(14)13-6-7-5-12-9-4-2-1-3-8(7)9/h1-5,12H,6H2,(H3,11,13,14). The monoisotopic (exact) mass is 205 g/mol. The van der Waals surface area contributed by atoms with Crippen LogP contribution >= 0.6 is 12.2 Å². The molecule has 0 aliphatic rings. The van der Waals surface area contributed by atoms with Crippen molar-refractivity contribution >= 4 is 28.2 Å². The topological polar surface area (TPSA) is 53.8 Å². The third kappa shape index (κ3) is 1.70. The van der Waals surface area contributed by atoms with Crippen LogP contribution in [0.3, 0.4) is 0 Å². The number of thiocarbonyl (C=S) groups is 1. The molecule has 0 amide bonds. The summed E-state index contributed by atoms with van der Waals surface area (Å²) in [7, 11) is 0. The maximum absolute atomic E-state index is 5.36. The summed E-state index contributed by atoms with van der Waals surface area (Å²) >= 11 is 4.75. The number of H-pyrrole nitrogens is 1. The molecule has 0 atom stereocenters. The van der Waals surface area contributed by atoms with Gasteiger partial charge in [-0.15, -0.1) is 0 Å². The van der Waals surface area contributed by atoms with Crippen molar-refractivity contribution in [3.8, 4) is 0 Å². The third-order valence-corrected chi connectivity index (χ3v) is 2.27. The van der Waals surface area contributed by atoms with Gasteiger partial charge in [-0.3, -0.25) is 0 Å². The Balaban J connectivity index is 2.29. The summed E-state index contributed by atoms with van der Waals surface area (Å²) in [5.41, 5.74) is 7.67. The molecule has 0 aliphatic carbocycles. The van der Waals surface area contributed by atoms with Gasteiger partial charge in [0, 0.05) is 23.6 Å². The summed E-state index contributed by atoms with van der Waals surface area (Å²) in [6.45, 7) is 0.666. The molecule has 1 aromatic carbocycles. The highest BCUT2D eigenvalue weighted by atomic mass is 32.1. The number of nitrogens with two attached hydrogens (primary N) is 1. The van der Waals surface area contributed by atoms with Crippen LogP contribution < -0.4 is 11.1 Å². The second-order valence-electron chi connectivity index (χ2n) is 3.08. The first kappa shape index (κ1) is 9.02. The van der Waals surface area contributed by atoms with Gasteiger partial charge in [0.05, 0.1) is 0 Å². The van der Waals surface area contributed by atoms with Gasteiger partial charge >= 0.3 is 0 Å². The fourth-order valence-electron chi connectivity index (χ4n) is 1.46. The lowest BCUT2D eigenvalue weighted by Crippen LogP contribution is -2.28. The predicted octanol–water partition coefficient (Wildman–Crippen LogP) is 1.50. The first-order valence-electron chi connectivity index (χ1n) is 4.35. The van der Waals surface area contributed by atoms with E-state index in [2.05, 4.69) is 16.4 Å². The SMILES string of the molecule is NC(=S)NCc1c[nH]c2ccccc12. The Bertz CT molecular complexity index is 461. The Labute approximate surface area is 87.3 Å². The van der Waals surface area contributed by atoms with Gasteiger partial charge in [-0.1, -0.05) is 18.2 Å². The Hall–Kier alpha value is -1.55. The molecule has 72 valence electrons. The van der Waals surface area contributed by atoms with Crippen molar-refractivity contribution < 1.29 is 0 Å². The first-order valence-corrected chi connectivity index (χ1v) is 4.76. The highest BCUT2D eigenvalue weighted by Gasteiger charge is 2.01. The summed E-state index contributed by atoms with van der Waals surface area (Å²) in [4.78, 5) is 3.19. The maximum Gasteiger partial charge on any atom is 0.163 e. The predicted molar refractivity (Wildman–Crippen MR) is 61.9 cm³/mol. The number of fused-ring (bicyclic) bond motifs is 1. The minimum Gasteiger partial charge on any atom is -0.376 e. The van der Waals surface area contributed by atoms with Crippen molar-refractivity contribution in [2.75, 3.05) is 0 Å². The van der Waals surface area contributed by atoms with Crippen molar-refractivity contribution in [2.24, 2.45) is 5.73 Å². The Morgan fingerprint density at radius 1 is 1.43 bits per heavy atom. The van der Waals surface area contributed by atoms with Gasteiger partial charge in [0.25, 0.3) is 0 Å². The maximum atomic E-state index is 5.36.